The fraction of sp³-hybridized carbons (Fsp3) is 0.308. The number of hydrogen-bond acceptors (Lipinski definition) is 3. The highest BCUT2D eigenvalue weighted by Crippen LogP contribution is 2.47. The van der Waals surface area contributed by atoms with Crippen molar-refractivity contribution in [2.24, 2.45) is 0 Å². The van der Waals surface area contributed by atoms with Crippen LogP contribution in [0.5, 0.6) is 0 Å². The molecule has 164 valence electrons. The maximum Gasteiger partial charge on any atom is 0.254 e. The second kappa shape index (κ2) is 8.83. The van der Waals surface area contributed by atoms with E-state index in [4.69, 9.17) is 0 Å². The minimum Gasteiger partial charge on any atom is -0.327 e. The molecular weight excluding hydrogens is 484 g/mol. The van der Waals surface area contributed by atoms with Gasteiger partial charge in [0.25, 0.3) is 5.91 Å². The topological polar surface area (TPSA) is 49.4 Å². The lowest BCUT2D eigenvalue weighted by Crippen LogP contribution is -2.49. The van der Waals surface area contributed by atoms with Crippen LogP contribution in [0.4, 0.5) is 5.69 Å². The van der Waals surface area contributed by atoms with Gasteiger partial charge in [-0.05, 0) is 76.5 Å². The SMILES string of the molecule is Cc1ccc(NC(=O)[C@H]2c3ccccc3C(=O)N(C3CCCC3)[C@@H]2c2cccs2)c(Br)c1. The third-order valence-corrected chi connectivity index (χ3v) is 8.19. The minimum atomic E-state index is -0.476. The van der Waals surface area contributed by atoms with Crippen molar-refractivity contribution < 1.29 is 9.59 Å². The monoisotopic (exact) mass is 508 g/mol. The van der Waals surface area contributed by atoms with E-state index in [1.54, 1.807) is 11.3 Å². The van der Waals surface area contributed by atoms with Crippen LogP contribution in [-0.2, 0) is 4.79 Å². The molecule has 2 aliphatic rings. The third kappa shape index (κ3) is 3.80. The van der Waals surface area contributed by atoms with Gasteiger partial charge in [-0.15, -0.1) is 11.3 Å². The summed E-state index contributed by atoms with van der Waals surface area (Å²) in [5.41, 5.74) is 3.32. The molecule has 1 saturated carbocycles. The van der Waals surface area contributed by atoms with Crippen LogP contribution >= 0.6 is 27.3 Å². The highest BCUT2D eigenvalue weighted by Gasteiger charge is 2.47. The van der Waals surface area contributed by atoms with E-state index in [1.807, 2.05) is 65.7 Å². The molecule has 2 atom stereocenters. The first-order chi connectivity index (χ1) is 15.5. The first-order valence-electron chi connectivity index (χ1n) is 11.1. The summed E-state index contributed by atoms with van der Waals surface area (Å²) in [5, 5.41) is 5.17. The molecule has 32 heavy (non-hydrogen) atoms. The number of benzene rings is 2. The molecule has 1 fully saturated rings. The van der Waals surface area contributed by atoms with Crippen molar-refractivity contribution in [1.29, 1.82) is 0 Å². The predicted molar refractivity (Wildman–Crippen MR) is 132 cm³/mol. The standard InChI is InChI=1S/C26H25BrN2O2S/c1-16-12-13-21(20(27)15-16)28-25(30)23-18-9-4-5-10-19(18)26(31)29(17-7-2-3-8-17)24(23)22-11-6-14-32-22/h4-6,9-15,17,23-24H,2-3,7-8H2,1H3,(H,28,30)/t23-,24+/m0/s1. The van der Waals surface area contributed by atoms with Crippen molar-refractivity contribution in [3.63, 3.8) is 0 Å². The number of rotatable bonds is 4. The first-order valence-corrected chi connectivity index (χ1v) is 12.7. The minimum absolute atomic E-state index is 0.0477. The molecule has 0 radical (unpaired) electrons. The van der Waals surface area contributed by atoms with Gasteiger partial charge in [-0.1, -0.05) is 43.2 Å². The zero-order valence-corrected chi connectivity index (χ0v) is 20.3. The summed E-state index contributed by atoms with van der Waals surface area (Å²) in [6.45, 7) is 2.02. The van der Waals surface area contributed by atoms with Crippen LogP contribution in [0, 0.1) is 6.92 Å². The van der Waals surface area contributed by atoms with Crippen LogP contribution < -0.4 is 5.32 Å². The molecule has 1 aliphatic heterocycles. The zero-order valence-electron chi connectivity index (χ0n) is 17.9. The zero-order chi connectivity index (χ0) is 22.2. The Labute approximate surface area is 200 Å². The van der Waals surface area contributed by atoms with Gasteiger partial charge in [-0.25, -0.2) is 0 Å². The summed E-state index contributed by atoms with van der Waals surface area (Å²) in [5.74, 6) is -0.515. The van der Waals surface area contributed by atoms with E-state index in [0.29, 0.717) is 5.56 Å². The van der Waals surface area contributed by atoms with Crippen molar-refractivity contribution in [3.8, 4) is 0 Å². The lowest BCUT2D eigenvalue weighted by atomic mass is 9.80. The molecule has 2 amide bonds. The van der Waals surface area contributed by atoms with E-state index in [1.165, 1.54) is 0 Å². The number of fused-ring (bicyclic) bond motifs is 1. The average molecular weight is 509 g/mol. The third-order valence-electron chi connectivity index (χ3n) is 6.59. The second-order valence-electron chi connectivity index (χ2n) is 8.65. The smallest absolute Gasteiger partial charge is 0.254 e. The van der Waals surface area contributed by atoms with Gasteiger partial charge in [-0.2, -0.15) is 0 Å². The Kier molecular flexibility index (Phi) is 5.91. The number of thiophene rings is 1. The molecule has 2 aromatic carbocycles. The largest absolute Gasteiger partial charge is 0.327 e. The highest BCUT2D eigenvalue weighted by molar-refractivity contribution is 9.10. The number of anilines is 1. The maximum atomic E-state index is 13.9. The summed E-state index contributed by atoms with van der Waals surface area (Å²) in [6, 6.07) is 17.5. The first kappa shape index (κ1) is 21.4. The molecular formula is C26H25BrN2O2S. The number of aryl methyl sites for hydroxylation is 1. The van der Waals surface area contributed by atoms with Gasteiger partial charge in [-0.3, -0.25) is 9.59 Å². The van der Waals surface area contributed by atoms with E-state index in [0.717, 1.165) is 51.8 Å². The van der Waals surface area contributed by atoms with Gasteiger partial charge in [0, 0.05) is 21.0 Å². The quantitative estimate of drug-likeness (QED) is 0.427. The molecule has 0 unspecified atom stereocenters. The van der Waals surface area contributed by atoms with Gasteiger partial charge in [0.1, 0.15) is 0 Å². The van der Waals surface area contributed by atoms with Gasteiger partial charge in [0.2, 0.25) is 5.91 Å². The molecule has 0 spiro atoms. The second-order valence-corrected chi connectivity index (χ2v) is 10.5. The van der Waals surface area contributed by atoms with Gasteiger partial charge in [0.05, 0.1) is 17.6 Å². The predicted octanol–water partition coefficient (Wildman–Crippen LogP) is 6.68. The van der Waals surface area contributed by atoms with Crippen LogP contribution in [0.2, 0.25) is 0 Å². The molecule has 1 N–H and O–H groups in total. The van der Waals surface area contributed by atoms with Gasteiger partial charge in [0.15, 0.2) is 0 Å². The number of hydrogen-bond donors (Lipinski definition) is 1. The summed E-state index contributed by atoms with van der Waals surface area (Å²) < 4.78 is 0.853. The lowest BCUT2D eigenvalue weighted by molar-refractivity contribution is -0.119. The Morgan fingerprint density at radius 3 is 2.59 bits per heavy atom. The highest BCUT2D eigenvalue weighted by atomic mass is 79.9. The molecule has 1 aromatic heterocycles. The van der Waals surface area contributed by atoms with E-state index in [9.17, 15) is 9.59 Å². The summed E-state index contributed by atoms with van der Waals surface area (Å²) in [7, 11) is 0. The fourth-order valence-corrected chi connectivity index (χ4v) is 6.56. The molecule has 4 nitrogen and oxygen atoms in total. The number of nitrogens with one attached hydrogen (secondary N) is 1. The van der Waals surface area contributed by atoms with E-state index in [-0.39, 0.29) is 23.9 Å². The number of nitrogens with zero attached hydrogens (tertiary/aromatic N) is 1. The summed E-state index contributed by atoms with van der Waals surface area (Å²) in [6.07, 6.45) is 4.24. The summed E-state index contributed by atoms with van der Waals surface area (Å²) >= 11 is 5.20. The van der Waals surface area contributed by atoms with Crippen LogP contribution in [0.15, 0.2) is 64.5 Å². The van der Waals surface area contributed by atoms with E-state index in [2.05, 4.69) is 27.3 Å². The Bertz CT molecular complexity index is 1150. The summed E-state index contributed by atoms with van der Waals surface area (Å²) in [4.78, 5) is 30.7. The number of carbonyl (C=O) groups excluding carboxylic acids is 2. The Balaban J connectivity index is 1.62. The number of halogens is 1. The molecule has 3 aromatic rings. The molecule has 0 bridgehead atoms. The Morgan fingerprint density at radius 2 is 1.88 bits per heavy atom. The van der Waals surface area contributed by atoms with Crippen molar-refractivity contribution in [1.82, 2.24) is 4.90 Å². The van der Waals surface area contributed by atoms with Crippen molar-refractivity contribution in [2.45, 2.75) is 50.6 Å². The van der Waals surface area contributed by atoms with Crippen molar-refractivity contribution in [2.75, 3.05) is 5.32 Å². The van der Waals surface area contributed by atoms with Crippen molar-refractivity contribution >= 4 is 44.8 Å². The van der Waals surface area contributed by atoms with Crippen LogP contribution in [0.25, 0.3) is 0 Å². The molecule has 6 heteroatoms. The van der Waals surface area contributed by atoms with Gasteiger partial charge < -0.3 is 10.2 Å². The van der Waals surface area contributed by atoms with E-state index < -0.39 is 5.92 Å². The number of carbonyl (C=O) groups is 2. The van der Waals surface area contributed by atoms with Crippen LogP contribution in [0.1, 0.15) is 64.0 Å². The van der Waals surface area contributed by atoms with E-state index >= 15 is 0 Å². The molecule has 0 saturated heterocycles. The lowest BCUT2D eigenvalue weighted by Gasteiger charge is -2.44. The fourth-order valence-electron chi connectivity index (χ4n) is 5.11. The maximum absolute atomic E-state index is 13.9. The average Bonchev–Trinajstić information content (AvgIpc) is 3.50. The number of amides is 2. The molecule has 2 heterocycles. The van der Waals surface area contributed by atoms with Gasteiger partial charge >= 0.3 is 0 Å². The van der Waals surface area contributed by atoms with Crippen molar-refractivity contribution in [3.05, 3.63) is 86.0 Å². The molecule has 5 rings (SSSR count). The molecule has 1 aliphatic carbocycles. The normalized spacial score (nSPS) is 20.9. The Hall–Kier alpha value is -2.44. The van der Waals surface area contributed by atoms with Crippen LogP contribution in [-0.4, -0.2) is 22.8 Å². The van der Waals surface area contributed by atoms with Crippen LogP contribution in [0.3, 0.4) is 0 Å². The Morgan fingerprint density at radius 1 is 1.09 bits per heavy atom.